The molecule has 144 valence electrons. The molecule has 0 radical (unpaired) electrons. The van der Waals surface area contributed by atoms with Crippen molar-refractivity contribution in [1.29, 1.82) is 5.26 Å². The number of hydrogen-bond acceptors (Lipinski definition) is 6. The Labute approximate surface area is 161 Å². The molecule has 0 saturated heterocycles. The van der Waals surface area contributed by atoms with Gasteiger partial charge >= 0.3 is 11.9 Å². The Kier molecular flexibility index (Phi) is 7.28. The van der Waals surface area contributed by atoms with Crippen molar-refractivity contribution in [3.05, 3.63) is 65.0 Å². The van der Waals surface area contributed by atoms with E-state index < -0.39 is 17.8 Å². The number of benzene rings is 2. The molecule has 28 heavy (non-hydrogen) atoms. The highest BCUT2D eigenvalue weighted by atomic mass is 19.1. The summed E-state index contributed by atoms with van der Waals surface area (Å²) in [6, 6.07) is 11.3. The second-order valence-electron chi connectivity index (χ2n) is 5.43. The van der Waals surface area contributed by atoms with E-state index in [9.17, 15) is 14.0 Å². The molecule has 2 aromatic rings. The van der Waals surface area contributed by atoms with E-state index >= 15 is 0 Å². The van der Waals surface area contributed by atoms with Crippen LogP contribution in [0.2, 0.25) is 0 Å². The predicted octanol–water partition coefficient (Wildman–Crippen LogP) is 3.91. The molecular weight excluding hydrogens is 365 g/mol. The van der Waals surface area contributed by atoms with Gasteiger partial charge in [0.25, 0.3) is 0 Å². The minimum atomic E-state index is -0.727. The summed E-state index contributed by atoms with van der Waals surface area (Å²) < 4.78 is 28.6. The van der Waals surface area contributed by atoms with E-state index in [2.05, 4.69) is 0 Å². The summed E-state index contributed by atoms with van der Waals surface area (Å²) in [5.41, 5.74) is 0.511. The quantitative estimate of drug-likeness (QED) is 0.312. The minimum Gasteiger partial charge on any atom is -0.490 e. The lowest BCUT2D eigenvalue weighted by Gasteiger charge is -2.11. The van der Waals surface area contributed by atoms with Crippen LogP contribution in [0.25, 0.3) is 6.08 Å². The summed E-state index contributed by atoms with van der Waals surface area (Å²) in [6.07, 6.45) is 1.35. The molecule has 0 aliphatic carbocycles. The van der Waals surface area contributed by atoms with E-state index in [1.165, 1.54) is 30.3 Å². The van der Waals surface area contributed by atoms with Crippen molar-refractivity contribution in [3.8, 4) is 17.6 Å². The summed E-state index contributed by atoms with van der Waals surface area (Å²) in [7, 11) is 0. The van der Waals surface area contributed by atoms with Gasteiger partial charge in [0.15, 0.2) is 11.5 Å². The largest absolute Gasteiger partial charge is 0.490 e. The molecule has 7 heteroatoms. The number of carbonyl (C=O) groups excluding carboxylic acids is 2. The normalized spacial score (nSPS) is 10.7. The molecule has 0 atom stereocenters. The molecule has 0 heterocycles. The SMILES string of the molecule is CCOC(=O)/C(C#N)=C\c1ccc(OC(=O)c2ccc(F)cc2)c(OCC)c1. The van der Waals surface area contributed by atoms with Crippen molar-refractivity contribution in [1.82, 2.24) is 0 Å². The molecule has 0 unspecified atom stereocenters. The number of nitrogens with zero attached hydrogens (tertiary/aromatic N) is 1. The number of esters is 2. The van der Waals surface area contributed by atoms with Crippen LogP contribution in [-0.2, 0) is 9.53 Å². The lowest BCUT2D eigenvalue weighted by atomic mass is 10.1. The highest BCUT2D eigenvalue weighted by Gasteiger charge is 2.15. The Morgan fingerprint density at radius 1 is 1.07 bits per heavy atom. The number of ether oxygens (including phenoxy) is 3. The van der Waals surface area contributed by atoms with Crippen LogP contribution < -0.4 is 9.47 Å². The van der Waals surface area contributed by atoms with Gasteiger partial charge in [-0.3, -0.25) is 0 Å². The molecule has 0 fully saturated rings. The molecule has 0 saturated carbocycles. The zero-order valence-corrected chi connectivity index (χ0v) is 15.4. The van der Waals surface area contributed by atoms with Gasteiger partial charge in [0.2, 0.25) is 0 Å². The average molecular weight is 383 g/mol. The Bertz CT molecular complexity index is 929. The van der Waals surface area contributed by atoms with Crippen molar-refractivity contribution in [3.63, 3.8) is 0 Å². The third kappa shape index (κ3) is 5.42. The summed E-state index contributed by atoms with van der Waals surface area (Å²) >= 11 is 0. The van der Waals surface area contributed by atoms with E-state index in [1.54, 1.807) is 26.0 Å². The zero-order chi connectivity index (χ0) is 20.5. The fourth-order valence-electron chi connectivity index (χ4n) is 2.22. The molecule has 0 aliphatic heterocycles. The van der Waals surface area contributed by atoms with Gasteiger partial charge < -0.3 is 14.2 Å². The number of nitriles is 1. The lowest BCUT2D eigenvalue weighted by Crippen LogP contribution is -2.10. The molecule has 0 amide bonds. The number of halogens is 1. The Balaban J connectivity index is 2.29. The van der Waals surface area contributed by atoms with Crippen molar-refractivity contribution in [2.24, 2.45) is 0 Å². The molecule has 0 spiro atoms. The molecular formula is C21H18FNO5. The average Bonchev–Trinajstić information content (AvgIpc) is 2.68. The third-order valence-corrected chi connectivity index (χ3v) is 3.48. The summed E-state index contributed by atoms with van der Waals surface area (Å²) in [5, 5.41) is 9.13. The standard InChI is InChI=1S/C21H18FNO5/c1-3-26-19-12-14(11-16(13-23)20(24)27-4-2)5-10-18(19)28-21(25)15-6-8-17(22)9-7-15/h5-12H,3-4H2,1-2H3/b16-11-. The maximum Gasteiger partial charge on any atom is 0.348 e. The van der Waals surface area contributed by atoms with Crippen LogP contribution in [0.15, 0.2) is 48.0 Å². The molecule has 2 rings (SSSR count). The van der Waals surface area contributed by atoms with Crippen LogP contribution in [-0.4, -0.2) is 25.2 Å². The first kappa shape index (κ1) is 20.6. The van der Waals surface area contributed by atoms with Gasteiger partial charge in [-0.2, -0.15) is 5.26 Å². The van der Waals surface area contributed by atoms with Crippen LogP contribution in [0.1, 0.15) is 29.8 Å². The highest BCUT2D eigenvalue weighted by molar-refractivity contribution is 5.98. The summed E-state index contributed by atoms with van der Waals surface area (Å²) in [5.74, 6) is -1.45. The fourth-order valence-corrected chi connectivity index (χ4v) is 2.22. The van der Waals surface area contributed by atoms with Gasteiger partial charge in [0.1, 0.15) is 17.5 Å². The van der Waals surface area contributed by atoms with E-state index in [0.717, 1.165) is 12.1 Å². The Morgan fingerprint density at radius 2 is 1.79 bits per heavy atom. The molecule has 0 aliphatic rings. The zero-order valence-electron chi connectivity index (χ0n) is 15.4. The summed E-state index contributed by atoms with van der Waals surface area (Å²) in [4.78, 5) is 24.0. The van der Waals surface area contributed by atoms with Crippen molar-refractivity contribution >= 4 is 18.0 Å². The smallest absolute Gasteiger partial charge is 0.348 e. The Hall–Kier alpha value is -3.66. The number of carbonyl (C=O) groups is 2. The van der Waals surface area contributed by atoms with Gasteiger partial charge in [-0.15, -0.1) is 0 Å². The van der Waals surface area contributed by atoms with Crippen LogP contribution in [0.3, 0.4) is 0 Å². The lowest BCUT2D eigenvalue weighted by molar-refractivity contribution is -0.137. The van der Waals surface area contributed by atoms with Gasteiger partial charge in [-0.1, -0.05) is 6.07 Å². The maximum absolute atomic E-state index is 13.0. The monoisotopic (exact) mass is 383 g/mol. The third-order valence-electron chi connectivity index (χ3n) is 3.48. The van der Waals surface area contributed by atoms with Gasteiger partial charge in [0.05, 0.1) is 18.8 Å². The van der Waals surface area contributed by atoms with E-state index in [-0.39, 0.29) is 29.2 Å². The van der Waals surface area contributed by atoms with Crippen LogP contribution in [0, 0.1) is 17.1 Å². The van der Waals surface area contributed by atoms with Crippen molar-refractivity contribution in [2.75, 3.05) is 13.2 Å². The first-order chi connectivity index (χ1) is 13.5. The second-order valence-corrected chi connectivity index (χ2v) is 5.43. The van der Waals surface area contributed by atoms with Crippen molar-refractivity contribution < 1.29 is 28.2 Å². The molecule has 6 nitrogen and oxygen atoms in total. The molecule has 0 aromatic heterocycles. The molecule has 0 bridgehead atoms. The van der Waals surface area contributed by atoms with Crippen LogP contribution in [0.4, 0.5) is 4.39 Å². The predicted molar refractivity (Wildman–Crippen MR) is 99.2 cm³/mol. The first-order valence-electron chi connectivity index (χ1n) is 8.52. The summed E-state index contributed by atoms with van der Waals surface area (Å²) in [6.45, 7) is 3.86. The Morgan fingerprint density at radius 3 is 2.39 bits per heavy atom. The van der Waals surface area contributed by atoms with Crippen LogP contribution in [0.5, 0.6) is 11.5 Å². The fraction of sp³-hybridized carbons (Fsp3) is 0.190. The second kappa shape index (κ2) is 9.88. The number of rotatable bonds is 7. The topological polar surface area (TPSA) is 85.6 Å². The molecule has 0 N–H and O–H groups in total. The molecule has 2 aromatic carbocycles. The highest BCUT2D eigenvalue weighted by Crippen LogP contribution is 2.30. The van der Waals surface area contributed by atoms with E-state index in [4.69, 9.17) is 19.5 Å². The first-order valence-corrected chi connectivity index (χ1v) is 8.52. The minimum absolute atomic E-state index is 0.153. The van der Waals surface area contributed by atoms with Gasteiger partial charge in [-0.25, -0.2) is 14.0 Å². The van der Waals surface area contributed by atoms with E-state index in [0.29, 0.717) is 12.2 Å². The van der Waals surface area contributed by atoms with Crippen molar-refractivity contribution in [2.45, 2.75) is 13.8 Å². The van der Waals surface area contributed by atoms with E-state index in [1.807, 2.05) is 0 Å². The van der Waals surface area contributed by atoms with Gasteiger partial charge in [-0.05, 0) is 61.9 Å². The van der Waals surface area contributed by atoms with Gasteiger partial charge in [0, 0.05) is 0 Å². The van der Waals surface area contributed by atoms with Crippen LogP contribution >= 0.6 is 0 Å². The maximum atomic E-state index is 13.0. The number of hydrogen-bond donors (Lipinski definition) is 0.